The Bertz CT molecular complexity index is 1390. The van der Waals surface area contributed by atoms with Gasteiger partial charge in [0.1, 0.15) is 23.0 Å². The van der Waals surface area contributed by atoms with Crippen LogP contribution in [0.5, 0.6) is 23.0 Å². The van der Waals surface area contributed by atoms with Crippen LogP contribution in [0.1, 0.15) is 30.4 Å². The van der Waals surface area contributed by atoms with Gasteiger partial charge in [0, 0.05) is 61.8 Å². The van der Waals surface area contributed by atoms with Gasteiger partial charge >= 0.3 is 0 Å². The number of carbonyl (C=O) groups is 4. The lowest BCUT2D eigenvalue weighted by Gasteiger charge is -2.29. The maximum absolute atomic E-state index is 13.4. The number of ether oxygens (including phenoxy) is 4. The molecule has 2 heterocycles. The molecule has 3 N–H and O–H groups in total. The van der Waals surface area contributed by atoms with Gasteiger partial charge in [-0.15, -0.1) is 0 Å². The van der Waals surface area contributed by atoms with Crippen molar-refractivity contribution < 1.29 is 48.5 Å². The van der Waals surface area contributed by atoms with E-state index in [1.54, 1.807) is 41.3 Å². The number of hydrogen-bond donors (Lipinski definition) is 3. The molecule has 238 valence electrons. The monoisotopic (exact) mass is 614 g/mol. The minimum atomic E-state index is -1.70. The van der Waals surface area contributed by atoms with Crippen LogP contribution in [0.4, 0.5) is 0 Å². The van der Waals surface area contributed by atoms with Crippen LogP contribution < -0.4 is 24.4 Å². The van der Waals surface area contributed by atoms with E-state index in [0.717, 1.165) is 5.56 Å². The van der Waals surface area contributed by atoms with Gasteiger partial charge < -0.3 is 28.7 Å². The maximum Gasteiger partial charge on any atom is 0.269 e. The summed E-state index contributed by atoms with van der Waals surface area (Å²) in [6.45, 7) is 1.02. The van der Waals surface area contributed by atoms with Crippen LogP contribution in [-0.2, 0) is 32.3 Å². The summed E-state index contributed by atoms with van der Waals surface area (Å²) in [4.78, 5) is 55.5. The van der Waals surface area contributed by atoms with Gasteiger partial charge in [-0.25, -0.2) is 10.5 Å². The zero-order valence-electron chi connectivity index (χ0n) is 25.1. The molecule has 2 aromatic rings. The summed E-state index contributed by atoms with van der Waals surface area (Å²) in [7, 11) is 6.08. The van der Waals surface area contributed by atoms with Crippen LogP contribution in [0.2, 0.25) is 0 Å². The first-order valence-electron chi connectivity index (χ1n) is 14.1. The smallest absolute Gasteiger partial charge is 0.269 e. The Labute approximate surface area is 254 Å². The summed E-state index contributed by atoms with van der Waals surface area (Å²) in [6.07, 6.45) is 0.113. The molecule has 0 bridgehead atoms. The average molecular weight is 615 g/mol. The zero-order valence-corrected chi connectivity index (χ0v) is 25.1. The third-order valence-corrected chi connectivity index (χ3v) is 8.16. The van der Waals surface area contributed by atoms with Crippen molar-refractivity contribution in [2.75, 3.05) is 41.5 Å². The standard InChI is InChI=1S/C30H38N4O10/c1-41-21-7-5-19(24(14-21)43-3)16-32-11-9-18(29(32)37)13-26(35)34(40)27(28(36)31-39)23-10-12-33(30(23)38)17-20-6-8-22(42-2)15-25(20)44-4/h5-8,14-15,18,23,27,39-40H,9-13,16-17H2,1-4H3,(H,31,36). The number of rotatable bonds is 13. The molecule has 0 spiro atoms. The van der Waals surface area contributed by atoms with Crippen molar-refractivity contribution in [1.29, 1.82) is 0 Å². The van der Waals surface area contributed by atoms with Gasteiger partial charge in [-0.2, -0.15) is 0 Å². The molecule has 4 amide bonds. The van der Waals surface area contributed by atoms with E-state index < -0.39 is 35.6 Å². The van der Waals surface area contributed by atoms with Gasteiger partial charge in [0.25, 0.3) is 5.91 Å². The number of nitrogens with one attached hydrogen (secondary N) is 1. The van der Waals surface area contributed by atoms with E-state index >= 15 is 0 Å². The summed E-state index contributed by atoms with van der Waals surface area (Å²) in [5.74, 6) is -2.43. The first-order chi connectivity index (χ1) is 21.1. The highest BCUT2D eigenvalue weighted by atomic mass is 16.5. The molecule has 0 aliphatic carbocycles. The first-order valence-corrected chi connectivity index (χ1v) is 14.1. The Balaban J connectivity index is 1.41. The zero-order chi connectivity index (χ0) is 32.0. The highest BCUT2D eigenvalue weighted by Gasteiger charge is 2.46. The van der Waals surface area contributed by atoms with Crippen LogP contribution >= 0.6 is 0 Å². The lowest BCUT2D eigenvalue weighted by atomic mass is 9.95. The molecule has 3 atom stereocenters. The third-order valence-electron chi connectivity index (χ3n) is 8.16. The van der Waals surface area contributed by atoms with Gasteiger partial charge in [0.05, 0.1) is 34.4 Å². The Morgan fingerprint density at radius 2 is 1.39 bits per heavy atom. The van der Waals surface area contributed by atoms with E-state index in [9.17, 15) is 29.6 Å². The van der Waals surface area contributed by atoms with Gasteiger partial charge in [-0.3, -0.25) is 29.6 Å². The molecule has 2 aliphatic heterocycles. The van der Waals surface area contributed by atoms with Crippen molar-refractivity contribution in [3.8, 4) is 23.0 Å². The molecule has 2 aromatic carbocycles. The summed E-state index contributed by atoms with van der Waals surface area (Å²) >= 11 is 0. The molecule has 0 radical (unpaired) electrons. The van der Waals surface area contributed by atoms with Gasteiger partial charge in [-0.05, 0) is 37.1 Å². The highest BCUT2D eigenvalue weighted by Crippen LogP contribution is 2.32. The Kier molecular flexibility index (Phi) is 10.5. The minimum Gasteiger partial charge on any atom is -0.497 e. The number of benzene rings is 2. The Hall–Kier alpha value is -4.56. The molecule has 2 fully saturated rings. The molecule has 0 saturated carbocycles. The second kappa shape index (κ2) is 14.3. The molecule has 0 aromatic heterocycles. The fourth-order valence-electron chi connectivity index (χ4n) is 5.73. The molecule has 4 rings (SSSR count). The summed E-state index contributed by atoms with van der Waals surface area (Å²) in [6, 6.07) is 8.74. The van der Waals surface area contributed by atoms with Crippen molar-refractivity contribution >= 4 is 23.6 Å². The van der Waals surface area contributed by atoms with E-state index in [2.05, 4.69) is 0 Å². The number of likely N-dealkylation sites (tertiary alicyclic amines) is 2. The van der Waals surface area contributed by atoms with Crippen molar-refractivity contribution in [2.45, 2.75) is 38.4 Å². The van der Waals surface area contributed by atoms with Crippen molar-refractivity contribution in [1.82, 2.24) is 20.3 Å². The van der Waals surface area contributed by atoms with Crippen molar-refractivity contribution in [3.63, 3.8) is 0 Å². The maximum atomic E-state index is 13.4. The molecule has 2 aliphatic rings. The molecule has 14 heteroatoms. The minimum absolute atomic E-state index is 0.138. The van der Waals surface area contributed by atoms with Crippen LogP contribution in [0.3, 0.4) is 0 Å². The van der Waals surface area contributed by atoms with Crippen molar-refractivity contribution in [2.24, 2.45) is 11.8 Å². The fourth-order valence-corrected chi connectivity index (χ4v) is 5.73. The van der Waals surface area contributed by atoms with E-state index in [1.165, 1.54) is 38.8 Å². The second-order valence-electron chi connectivity index (χ2n) is 10.6. The normalized spacial score (nSPS) is 18.7. The Morgan fingerprint density at radius 1 is 0.864 bits per heavy atom. The number of carbonyl (C=O) groups excluding carboxylic acids is 4. The molecule has 44 heavy (non-hydrogen) atoms. The summed E-state index contributed by atoms with van der Waals surface area (Å²) < 4.78 is 21.3. The van der Waals surface area contributed by atoms with Crippen molar-refractivity contribution in [3.05, 3.63) is 47.5 Å². The second-order valence-corrected chi connectivity index (χ2v) is 10.6. The predicted molar refractivity (Wildman–Crippen MR) is 153 cm³/mol. The van der Waals surface area contributed by atoms with Crippen LogP contribution in [0.15, 0.2) is 36.4 Å². The van der Waals surface area contributed by atoms with Crippen LogP contribution in [-0.4, -0.2) is 96.5 Å². The average Bonchev–Trinajstić information content (AvgIpc) is 3.57. The van der Waals surface area contributed by atoms with Crippen LogP contribution in [0.25, 0.3) is 0 Å². The highest BCUT2D eigenvalue weighted by molar-refractivity contribution is 5.94. The molecular formula is C30H38N4O10. The Morgan fingerprint density at radius 3 is 1.89 bits per heavy atom. The summed E-state index contributed by atoms with van der Waals surface area (Å²) in [5, 5.41) is 20.5. The lowest BCUT2D eigenvalue weighted by molar-refractivity contribution is -0.189. The molecule has 14 nitrogen and oxygen atoms in total. The van der Waals surface area contributed by atoms with Gasteiger partial charge in [0.15, 0.2) is 6.04 Å². The largest absolute Gasteiger partial charge is 0.497 e. The fraction of sp³-hybridized carbons (Fsp3) is 0.467. The third kappa shape index (κ3) is 6.81. The van der Waals surface area contributed by atoms with E-state index in [1.807, 2.05) is 0 Å². The number of amides is 4. The molecular weight excluding hydrogens is 576 g/mol. The van der Waals surface area contributed by atoms with Gasteiger partial charge in [-0.1, -0.05) is 0 Å². The molecule has 2 saturated heterocycles. The predicted octanol–water partition coefficient (Wildman–Crippen LogP) is 1.60. The first kappa shape index (κ1) is 32.4. The van der Waals surface area contributed by atoms with Crippen LogP contribution in [0, 0.1) is 11.8 Å². The quantitative estimate of drug-likeness (QED) is 0.223. The lowest BCUT2D eigenvalue weighted by Crippen LogP contribution is -2.53. The van der Waals surface area contributed by atoms with E-state index in [0.29, 0.717) is 41.5 Å². The SMILES string of the molecule is COc1ccc(CN2CCC(CC(=O)N(O)C(C(=O)NO)C3CCN(Cc4ccc(OC)cc4OC)C3=O)C2=O)c(OC)c1. The number of nitrogens with zero attached hydrogens (tertiary/aromatic N) is 3. The topological polar surface area (TPSA) is 167 Å². The number of hydrogen-bond acceptors (Lipinski definition) is 10. The number of methoxy groups -OCH3 is 4. The van der Waals surface area contributed by atoms with Gasteiger partial charge in [0.2, 0.25) is 17.7 Å². The summed E-state index contributed by atoms with van der Waals surface area (Å²) in [5.41, 5.74) is 2.91. The number of hydroxylamine groups is 3. The van der Waals surface area contributed by atoms with E-state index in [-0.39, 0.29) is 43.4 Å². The van der Waals surface area contributed by atoms with E-state index in [4.69, 9.17) is 18.9 Å². The molecule has 3 unspecified atom stereocenters.